The smallest absolute Gasteiger partial charge is 0.171 e. The van der Waals surface area contributed by atoms with Crippen LogP contribution < -0.4 is 28.4 Å². The highest BCUT2D eigenvalue weighted by Gasteiger charge is 2.33. The Bertz CT molecular complexity index is 1560. The number of benzene rings is 4. The van der Waals surface area contributed by atoms with Crippen molar-refractivity contribution in [1.82, 2.24) is 0 Å². The minimum absolute atomic E-state index is 0.580. The first-order valence-corrected chi connectivity index (χ1v) is 15.7. The Hall–Kier alpha value is -4.89. The topological polar surface area (TPSA) is 89.5 Å². The summed E-state index contributed by atoms with van der Waals surface area (Å²) in [6, 6.07) is 24.8. The molecule has 2 atom stereocenters. The van der Waals surface area contributed by atoms with Crippen molar-refractivity contribution in [3.8, 4) is 34.5 Å². The van der Waals surface area contributed by atoms with Crippen molar-refractivity contribution >= 4 is 22.0 Å². The molecule has 45 heavy (non-hydrogen) atoms. The lowest BCUT2D eigenvalue weighted by molar-refractivity contribution is 0.394. The molecule has 0 spiro atoms. The summed E-state index contributed by atoms with van der Waals surface area (Å²) in [6.45, 7) is 0. The maximum Gasteiger partial charge on any atom is 0.171 e. The van der Waals surface area contributed by atoms with E-state index in [2.05, 4.69) is 0 Å². The number of rotatable bonds is 14. The van der Waals surface area contributed by atoms with Crippen molar-refractivity contribution < 1.29 is 36.8 Å². The van der Waals surface area contributed by atoms with Gasteiger partial charge < -0.3 is 28.4 Å². The molecule has 0 N–H and O–H groups in total. The average Bonchev–Trinajstić information content (AvgIpc) is 3.08. The van der Waals surface area contributed by atoms with E-state index in [4.69, 9.17) is 28.4 Å². The summed E-state index contributed by atoms with van der Waals surface area (Å²) in [5.41, 5.74) is 2.61. The summed E-state index contributed by atoms with van der Waals surface area (Å²) in [7, 11) is 5.41. The number of ether oxygens (including phenoxy) is 6. The van der Waals surface area contributed by atoms with Crippen LogP contribution in [-0.4, -0.2) is 51.1 Å². The molecule has 0 saturated carbocycles. The largest absolute Gasteiger partial charge is 0.497 e. The standard InChI is InChI=1S/C36H38O8S/c1-39-29-13-9-27(10-14-29)35(17-7-25-19-31(41-3)23-32(20-25)42-4)45(37,38)36(28-11-15-30(40-2)16-12-28)18-8-26-21-33(43-5)24-34(22-26)44-6/h7-24,35-36H,1-6H3. The normalized spacial score (nSPS) is 12.9. The first-order chi connectivity index (χ1) is 21.7. The van der Waals surface area contributed by atoms with Crippen molar-refractivity contribution in [2.24, 2.45) is 0 Å². The highest BCUT2D eigenvalue weighted by molar-refractivity contribution is 7.92. The third-order valence-corrected chi connectivity index (χ3v) is 9.55. The van der Waals surface area contributed by atoms with Gasteiger partial charge >= 0.3 is 0 Å². The zero-order valence-corrected chi connectivity index (χ0v) is 27.0. The lowest BCUT2D eigenvalue weighted by Crippen LogP contribution is -2.19. The zero-order chi connectivity index (χ0) is 32.4. The molecule has 0 amide bonds. The fraction of sp³-hybridized carbons (Fsp3) is 0.222. The quantitative estimate of drug-likeness (QED) is 0.143. The minimum atomic E-state index is -3.99. The lowest BCUT2D eigenvalue weighted by atomic mass is 10.1. The van der Waals surface area contributed by atoms with E-state index in [-0.39, 0.29) is 0 Å². The molecule has 4 rings (SSSR count). The summed E-state index contributed by atoms with van der Waals surface area (Å²) in [6.07, 6.45) is 6.90. The van der Waals surface area contributed by atoms with Crippen LogP contribution in [0.1, 0.15) is 32.8 Å². The van der Waals surface area contributed by atoms with Gasteiger partial charge in [0.15, 0.2) is 9.84 Å². The molecule has 2 unspecified atom stereocenters. The molecule has 0 aliphatic heterocycles. The van der Waals surface area contributed by atoms with Crippen LogP contribution in [0, 0.1) is 0 Å². The van der Waals surface area contributed by atoms with E-state index < -0.39 is 20.3 Å². The third kappa shape index (κ3) is 8.19. The molecule has 9 heteroatoms. The first kappa shape index (κ1) is 33.0. The Kier molecular flexibility index (Phi) is 11.2. The summed E-state index contributed by atoms with van der Waals surface area (Å²) in [4.78, 5) is 0. The van der Waals surface area contributed by atoms with E-state index in [1.807, 2.05) is 24.3 Å². The van der Waals surface area contributed by atoms with Gasteiger partial charge in [0.2, 0.25) is 0 Å². The second-order valence-corrected chi connectivity index (χ2v) is 12.2. The molecule has 0 radical (unpaired) electrons. The molecular weight excluding hydrogens is 592 g/mol. The van der Waals surface area contributed by atoms with E-state index in [1.54, 1.807) is 128 Å². The van der Waals surface area contributed by atoms with Crippen LogP contribution >= 0.6 is 0 Å². The van der Waals surface area contributed by atoms with Crippen molar-refractivity contribution in [1.29, 1.82) is 0 Å². The summed E-state index contributed by atoms with van der Waals surface area (Å²) in [5, 5.41) is -2.06. The molecule has 0 heterocycles. The van der Waals surface area contributed by atoms with Gasteiger partial charge in [-0.3, -0.25) is 0 Å². The fourth-order valence-corrected chi connectivity index (χ4v) is 6.80. The molecule has 0 aromatic heterocycles. The Morgan fingerprint density at radius 3 is 1.00 bits per heavy atom. The summed E-state index contributed by atoms with van der Waals surface area (Å²) < 4.78 is 62.0. The van der Waals surface area contributed by atoms with E-state index in [0.717, 1.165) is 11.1 Å². The van der Waals surface area contributed by atoms with E-state index >= 15 is 0 Å². The van der Waals surface area contributed by atoms with Crippen LogP contribution in [-0.2, 0) is 9.84 Å². The van der Waals surface area contributed by atoms with Crippen molar-refractivity contribution in [3.05, 3.63) is 119 Å². The molecule has 236 valence electrons. The number of methoxy groups -OCH3 is 6. The van der Waals surface area contributed by atoms with Crippen LogP contribution in [0.15, 0.2) is 97.1 Å². The number of hydrogen-bond acceptors (Lipinski definition) is 8. The van der Waals surface area contributed by atoms with Gasteiger partial charge in [0, 0.05) is 12.1 Å². The van der Waals surface area contributed by atoms with Crippen LogP contribution in [0.4, 0.5) is 0 Å². The van der Waals surface area contributed by atoms with E-state index in [9.17, 15) is 8.42 Å². The highest BCUT2D eigenvalue weighted by atomic mass is 32.2. The summed E-state index contributed by atoms with van der Waals surface area (Å²) in [5.74, 6) is 3.59. The molecule has 0 bridgehead atoms. The van der Waals surface area contributed by atoms with Crippen molar-refractivity contribution in [2.75, 3.05) is 42.7 Å². The molecule has 4 aromatic carbocycles. The van der Waals surface area contributed by atoms with Gasteiger partial charge in [0.1, 0.15) is 45.0 Å². The average molecular weight is 631 g/mol. The Labute approximate surface area is 265 Å². The van der Waals surface area contributed by atoms with Crippen molar-refractivity contribution in [2.45, 2.75) is 10.5 Å². The second-order valence-electron chi connectivity index (χ2n) is 9.99. The second kappa shape index (κ2) is 15.2. The molecule has 0 fully saturated rings. The predicted octanol–water partition coefficient (Wildman–Crippen LogP) is 7.36. The Morgan fingerprint density at radius 1 is 0.444 bits per heavy atom. The van der Waals surface area contributed by atoms with Crippen LogP contribution in [0.3, 0.4) is 0 Å². The van der Waals surface area contributed by atoms with Crippen LogP contribution in [0.5, 0.6) is 34.5 Å². The molecule has 8 nitrogen and oxygen atoms in total. The fourth-order valence-electron chi connectivity index (χ4n) is 4.81. The van der Waals surface area contributed by atoms with Gasteiger partial charge in [0.25, 0.3) is 0 Å². The third-order valence-electron chi connectivity index (χ3n) is 7.27. The van der Waals surface area contributed by atoms with Gasteiger partial charge in [-0.2, -0.15) is 0 Å². The van der Waals surface area contributed by atoms with Crippen LogP contribution in [0.25, 0.3) is 12.2 Å². The molecule has 4 aromatic rings. The Balaban J connectivity index is 1.87. The van der Waals surface area contributed by atoms with Gasteiger partial charge in [-0.05, 0) is 70.8 Å². The van der Waals surface area contributed by atoms with Gasteiger partial charge in [-0.1, -0.05) is 48.6 Å². The SMILES string of the molecule is COc1ccc(C(C=Cc2cc(OC)cc(OC)c2)S(=O)(=O)C(C=Cc2cc(OC)cc(OC)c2)c2ccc(OC)cc2)cc1. The van der Waals surface area contributed by atoms with Crippen LogP contribution in [0.2, 0.25) is 0 Å². The monoisotopic (exact) mass is 630 g/mol. The predicted molar refractivity (Wildman–Crippen MR) is 178 cm³/mol. The van der Waals surface area contributed by atoms with Gasteiger partial charge in [-0.25, -0.2) is 8.42 Å². The highest BCUT2D eigenvalue weighted by Crippen LogP contribution is 2.39. The Morgan fingerprint density at radius 2 is 0.733 bits per heavy atom. The van der Waals surface area contributed by atoms with Gasteiger partial charge in [-0.15, -0.1) is 0 Å². The maximum atomic E-state index is 14.8. The molecule has 0 saturated heterocycles. The minimum Gasteiger partial charge on any atom is -0.497 e. The number of hydrogen-bond donors (Lipinski definition) is 0. The number of sulfone groups is 1. The van der Waals surface area contributed by atoms with Crippen molar-refractivity contribution in [3.63, 3.8) is 0 Å². The molecular formula is C36H38O8S. The summed E-state index contributed by atoms with van der Waals surface area (Å²) >= 11 is 0. The van der Waals surface area contributed by atoms with E-state index in [0.29, 0.717) is 45.6 Å². The lowest BCUT2D eigenvalue weighted by Gasteiger charge is -2.22. The zero-order valence-electron chi connectivity index (χ0n) is 26.2. The first-order valence-electron chi connectivity index (χ1n) is 14.1. The van der Waals surface area contributed by atoms with E-state index in [1.165, 1.54) is 0 Å². The maximum absolute atomic E-state index is 14.8. The molecule has 0 aliphatic carbocycles. The molecule has 0 aliphatic rings. The van der Waals surface area contributed by atoms with Gasteiger partial charge in [0.05, 0.1) is 42.7 Å².